The van der Waals surface area contributed by atoms with E-state index in [4.69, 9.17) is 4.74 Å². The first-order valence-electron chi connectivity index (χ1n) is 6.06. The van der Waals surface area contributed by atoms with Gasteiger partial charge in [0.2, 0.25) is 0 Å². The van der Waals surface area contributed by atoms with Crippen LogP contribution in [0.1, 0.15) is 0 Å². The Morgan fingerprint density at radius 3 is 3.00 bits per heavy atom. The van der Waals surface area contributed by atoms with Gasteiger partial charge in [-0.15, -0.1) is 0 Å². The van der Waals surface area contributed by atoms with Gasteiger partial charge in [-0.1, -0.05) is 0 Å². The number of aliphatic hydroxyl groups excluding tert-OH is 1. The van der Waals surface area contributed by atoms with Gasteiger partial charge >= 0.3 is 5.69 Å². The number of benzene rings is 1. The van der Waals surface area contributed by atoms with E-state index in [-0.39, 0.29) is 18.8 Å². The summed E-state index contributed by atoms with van der Waals surface area (Å²) in [6, 6.07) is 6.59. The third kappa shape index (κ3) is 3.01. The number of hydrogen-bond acceptors (Lipinski definition) is 6. The van der Waals surface area contributed by atoms with E-state index in [0.29, 0.717) is 16.6 Å². The zero-order chi connectivity index (χ0) is 14.5. The summed E-state index contributed by atoms with van der Waals surface area (Å²) in [6.45, 7) is 0.330. The van der Waals surface area contributed by atoms with Crippen LogP contribution in [0.15, 0.2) is 30.5 Å². The number of nitrogens with one attached hydrogen (secondary N) is 1. The second-order valence-electron chi connectivity index (χ2n) is 4.28. The minimum absolute atomic E-state index is 0.0415. The minimum atomic E-state index is -0.732. The molecule has 20 heavy (non-hydrogen) atoms. The predicted octanol–water partition coefficient (Wildman–Crippen LogP) is 1.56. The number of pyridine rings is 1. The van der Waals surface area contributed by atoms with Crippen molar-refractivity contribution in [3.05, 3.63) is 40.6 Å². The Kier molecular flexibility index (Phi) is 4.44. The summed E-state index contributed by atoms with van der Waals surface area (Å²) in [5.41, 5.74) is 0.869. The molecule has 0 aliphatic carbocycles. The molecule has 0 bridgehead atoms. The van der Waals surface area contributed by atoms with Crippen molar-refractivity contribution in [3.8, 4) is 0 Å². The van der Waals surface area contributed by atoms with Gasteiger partial charge in [-0.2, -0.15) is 0 Å². The van der Waals surface area contributed by atoms with Crippen molar-refractivity contribution < 1.29 is 14.8 Å². The van der Waals surface area contributed by atoms with E-state index >= 15 is 0 Å². The Labute approximate surface area is 115 Å². The number of nitro groups is 1. The highest BCUT2D eigenvalue weighted by Gasteiger charge is 2.19. The van der Waals surface area contributed by atoms with Crippen molar-refractivity contribution in [1.29, 1.82) is 0 Å². The van der Waals surface area contributed by atoms with E-state index < -0.39 is 11.0 Å². The lowest BCUT2D eigenvalue weighted by atomic mass is 10.1. The van der Waals surface area contributed by atoms with E-state index in [0.717, 1.165) is 0 Å². The Bertz CT molecular complexity index is 618. The van der Waals surface area contributed by atoms with Crippen LogP contribution in [0.3, 0.4) is 0 Å². The molecule has 0 aliphatic heterocycles. The number of hydrogen-bond donors (Lipinski definition) is 2. The summed E-state index contributed by atoms with van der Waals surface area (Å²) in [6.07, 6.45) is 0.853. The molecule has 0 aliphatic rings. The van der Waals surface area contributed by atoms with Gasteiger partial charge in [-0.05, 0) is 24.3 Å². The molecule has 0 saturated carbocycles. The number of ether oxygens (including phenoxy) is 1. The molecule has 2 N–H and O–H groups in total. The normalized spacial score (nSPS) is 12.3. The summed E-state index contributed by atoms with van der Waals surface area (Å²) >= 11 is 0. The van der Waals surface area contributed by atoms with Gasteiger partial charge in [0.1, 0.15) is 5.69 Å². The van der Waals surface area contributed by atoms with Crippen molar-refractivity contribution in [3.63, 3.8) is 0 Å². The molecule has 0 fully saturated rings. The highest BCUT2D eigenvalue weighted by Crippen LogP contribution is 2.32. The predicted molar refractivity (Wildman–Crippen MR) is 74.8 cm³/mol. The maximum absolute atomic E-state index is 11.3. The van der Waals surface area contributed by atoms with Crippen LogP contribution in [-0.2, 0) is 4.74 Å². The first kappa shape index (κ1) is 14.2. The van der Waals surface area contributed by atoms with Gasteiger partial charge in [0.15, 0.2) is 0 Å². The molecule has 1 unspecified atom stereocenters. The molecule has 0 spiro atoms. The van der Waals surface area contributed by atoms with Crippen LogP contribution in [0.2, 0.25) is 0 Å². The summed E-state index contributed by atoms with van der Waals surface area (Å²) < 4.78 is 4.81. The second kappa shape index (κ2) is 6.27. The van der Waals surface area contributed by atoms with Crippen LogP contribution in [0.4, 0.5) is 11.4 Å². The number of aromatic nitrogens is 1. The summed E-state index contributed by atoms with van der Waals surface area (Å²) in [4.78, 5) is 14.9. The van der Waals surface area contributed by atoms with E-state index in [1.807, 2.05) is 0 Å². The van der Waals surface area contributed by atoms with E-state index in [2.05, 4.69) is 10.3 Å². The van der Waals surface area contributed by atoms with Gasteiger partial charge in [0.25, 0.3) is 0 Å². The van der Waals surface area contributed by atoms with E-state index in [1.165, 1.54) is 7.11 Å². The third-order valence-electron chi connectivity index (χ3n) is 2.83. The lowest BCUT2D eigenvalue weighted by Gasteiger charge is -2.12. The van der Waals surface area contributed by atoms with Crippen molar-refractivity contribution in [1.82, 2.24) is 4.98 Å². The van der Waals surface area contributed by atoms with E-state index in [1.54, 1.807) is 30.5 Å². The van der Waals surface area contributed by atoms with Gasteiger partial charge in [-0.3, -0.25) is 15.1 Å². The molecule has 2 rings (SSSR count). The molecule has 1 aromatic heterocycles. The Hall–Kier alpha value is -2.25. The lowest BCUT2D eigenvalue weighted by molar-refractivity contribution is -0.382. The van der Waals surface area contributed by atoms with Gasteiger partial charge < -0.3 is 15.2 Å². The molecule has 1 heterocycles. The Morgan fingerprint density at radius 2 is 2.30 bits per heavy atom. The quantitative estimate of drug-likeness (QED) is 0.614. The minimum Gasteiger partial charge on any atom is -0.389 e. The SMILES string of the molecule is COCC(O)CNc1ccc2ncccc2c1[N+](=O)[O-]. The number of nitro benzene ring substituents is 1. The Balaban J connectivity index is 2.33. The maximum Gasteiger partial charge on any atom is 0.301 e. The van der Waals surface area contributed by atoms with Gasteiger partial charge in [-0.25, -0.2) is 0 Å². The van der Waals surface area contributed by atoms with Crippen molar-refractivity contribution in [2.75, 3.05) is 25.6 Å². The van der Waals surface area contributed by atoms with Crippen LogP contribution >= 0.6 is 0 Å². The number of aliphatic hydroxyl groups is 1. The molecule has 7 nitrogen and oxygen atoms in total. The largest absolute Gasteiger partial charge is 0.389 e. The summed E-state index contributed by atoms with van der Waals surface area (Å²) in [5.74, 6) is 0. The molecular formula is C13H15N3O4. The monoisotopic (exact) mass is 277 g/mol. The fourth-order valence-electron chi connectivity index (χ4n) is 1.96. The van der Waals surface area contributed by atoms with Crippen LogP contribution in [0.25, 0.3) is 10.9 Å². The first-order valence-corrected chi connectivity index (χ1v) is 6.06. The third-order valence-corrected chi connectivity index (χ3v) is 2.83. The zero-order valence-corrected chi connectivity index (χ0v) is 10.9. The van der Waals surface area contributed by atoms with Crippen LogP contribution in [0.5, 0.6) is 0 Å². The van der Waals surface area contributed by atoms with Gasteiger partial charge in [0.05, 0.1) is 28.5 Å². The van der Waals surface area contributed by atoms with Gasteiger partial charge in [0, 0.05) is 19.9 Å². The van der Waals surface area contributed by atoms with Crippen molar-refractivity contribution in [2.45, 2.75) is 6.10 Å². The number of anilines is 1. The average molecular weight is 277 g/mol. The smallest absolute Gasteiger partial charge is 0.301 e. The van der Waals surface area contributed by atoms with Crippen LogP contribution in [-0.4, -0.2) is 41.4 Å². The second-order valence-corrected chi connectivity index (χ2v) is 4.28. The summed E-state index contributed by atoms with van der Waals surface area (Å²) in [7, 11) is 1.48. The molecule has 0 saturated heterocycles. The van der Waals surface area contributed by atoms with Crippen molar-refractivity contribution in [2.24, 2.45) is 0 Å². The molecule has 0 amide bonds. The molecular weight excluding hydrogens is 262 g/mol. The fourth-order valence-corrected chi connectivity index (χ4v) is 1.96. The molecule has 1 atom stereocenters. The maximum atomic E-state index is 11.3. The van der Waals surface area contributed by atoms with Crippen LogP contribution in [0, 0.1) is 10.1 Å². The molecule has 106 valence electrons. The molecule has 1 aromatic carbocycles. The van der Waals surface area contributed by atoms with E-state index in [9.17, 15) is 15.2 Å². The first-order chi connectivity index (χ1) is 9.63. The molecule has 2 aromatic rings. The number of nitrogens with zero attached hydrogens (tertiary/aromatic N) is 2. The molecule has 7 heteroatoms. The van der Waals surface area contributed by atoms with Crippen molar-refractivity contribution >= 4 is 22.3 Å². The highest BCUT2D eigenvalue weighted by molar-refractivity contribution is 5.94. The summed E-state index contributed by atoms with van der Waals surface area (Å²) in [5, 5.41) is 24.2. The fraction of sp³-hybridized carbons (Fsp3) is 0.308. The number of fused-ring (bicyclic) bond motifs is 1. The van der Waals surface area contributed by atoms with Crippen LogP contribution < -0.4 is 5.32 Å². The Morgan fingerprint density at radius 1 is 1.50 bits per heavy atom. The lowest BCUT2D eigenvalue weighted by Crippen LogP contribution is -2.24. The topological polar surface area (TPSA) is 97.5 Å². The zero-order valence-electron chi connectivity index (χ0n) is 10.9. The average Bonchev–Trinajstić information content (AvgIpc) is 2.44. The number of rotatable bonds is 6. The molecule has 0 radical (unpaired) electrons. The highest BCUT2D eigenvalue weighted by atomic mass is 16.6. The number of methoxy groups -OCH3 is 1. The standard InChI is InChI=1S/C13H15N3O4/c1-20-8-9(17)7-15-12-5-4-11-10(3-2-6-14-11)13(12)16(18)19/h2-6,9,15,17H,7-8H2,1H3.